The zero-order chi connectivity index (χ0) is 16.1. The van der Waals surface area contributed by atoms with E-state index in [1.807, 2.05) is 30.0 Å². The largest absolute Gasteiger partial charge is 0.449 e. The number of nitrogens with zero attached hydrogens (tertiary/aromatic N) is 3. The zero-order valence-electron chi connectivity index (χ0n) is 13.3. The summed E-state index contributed by atoms with van der Waals surface area (Å²) in [5.74, 6) is 0. The van der Waals surface area contributed by atoms with Crippen molar-refractivity contribution in [1.29, 1.82) is 0 Å². The van der Waals surface area contributed by atoms with Gasteiger partial charge in [0.1, 0.15) is 11.4 Å². The summed E-state index contributed by atoms with van der Waals surface area (Å²) in [5, 5.41) is 2.61. The van der Waals surface area contributed by atoms with Crippen LogP contribution in [0, 0.1) is 0 Å². The number of piperidine rings is 1. The second kappa shape index (κ2) is 7.64. The molecule has 0 spiro atoms. The van der Waals surface area contributed by atoms with E-state index >= 15 is 0 Å². The highest BCUT2D eigenvalue weighted by atomic mass is 32.2. The molecule has 0 atom stereocenters. The minimum atomic E-state index is -0.178. The van der Waals surface area contributed by atoms with Gasteiger partial charge in [-0.15, -0.1) is 11.8 Å². The Morgan fingerprint density at radius 1 is 1.30 bits per heavy atom. The molecule has 1 aliphatic heterocycles. The maximum absolute atomic E-state index is 11.9. The summed E-state index contributed by atoms with van der Waals surface area (Å²) < 4.78 is 5.20. The van der Waals surface area contributed by atoms with Gasteiger partial charge in [0.15, 0.2) is 0 Å². The van der Waals surface area contributed by atoms with E-state index in [1.54, 1.807) is 18.1 Å². The van der Waals surface area contributed by atoms with Crippen LogP contribution in [0.2, 0.25) is 0 Å². The van der Waals surface area contributed by atoms with Gasteiger partial charge in [-0.2, -0.15) is 0 Å². The second-order valence-electron chi connectivity index (χ2n) is 5.61. The number of carbonyl (C=O) groups excluding carboxylic acids is 1. The number of para-hydroxylation sites is 1. The van der Waals surface area contributed by atoms with Crippen LogP contribution in [-0.4, -0.2) is 45.9 Å². The summed E-state index contributed by atoms with van der Waals surface area (Å²) in [4.78, 5) is 22.4. The Bertz CT molecular complexity index is 666. The Labute approximate surface area is 140 Å². The van der Waals surface area contributed by atoms with Crippen LogP contribution < -0.4 is 0 Å². The third-order valence-corrected chi connectivity index (χ3v) is 5.27. The number of aromatic nitrogens is 2. The smallest absolute Gasteiger partial charge is 0.409 e. The van der Waals surface area contributed by atoms with Crippen LogP contribution >= 0.6 is 11.8 Å². The van der Waals surface area contributed by atoms with Gasteiger partial charge >= 0.3 is 6.09 Å². The molecule has 0 aliphatic carbocycles. The maximum Gasteiger partial charge on any atom is 0.409 e. The van der Waals surface area contributed by atoms with E-state index < -0.39 is 0 Å². The standard InChI is InChI=1S/C17H21N3O2S/c1-2-11-22-17(21)20-9-7-13(8-10-20)23-16-14-5-3-4-6-15(14)18-12-19-16/h3-6,12-13H,2,7-11H2,1H3. The van der Waals surface area contributed by atoms with Gasteiger partial charge in [0.2, 0.25) is 0 Å². The molecule has 1 fully saturated rings. The van der Waals surface area contributed by atoms with E-state index in [9.17, 15) is 4.79 Å². The highest BCUT2D eigenvalue weighted by Gasteiger charge is 2.25. The molecule has 6 heteroatoms. The number of rotatable bonds is 4. The van der Waals surface area contributed by atoms with Crippen molar-refractivity contribution in [1.82, 2.24) is 14.9 Å². The topological polar surface area (TPSA) is 55.3 Å². The molecular formula is C17H21N3O2S. The van der Waals surface area contributed by atoms with Crippen molar-refractivity contribution in [2.24, 2.45) is 0 Å². The first kappa shape index (κ1) is 16.1. The molecule has 1 aromatic heterocycles. The van der Waals surface area contributed by atoms with Gasteiger partial charge in [-0.25, -0.2) is 14.8 Å². The Hall–Kier alpha value is -1.82. The van der Waals surface area contributed by atoms with Gasteiger partial charge in [-0.05, 0) is 25.3 Å². The first-order valence-corrected chi connectivity index (χ1v) is 8.94. The van der Waals surface area contributed by atoms with Crippen molar-refractivity contribution in [2.45, 2.75) is 36.5 Å². The van der Waals surface area contributed by atoms with Crippen molar-refractivity contribution in [3.63, 3.8) is 0 Å². The Kier molecular flexibility index (Phi) is 5.33. The lowest BCUT2D eigenvalue weighted by atomic mass is 10.1. The van der Waals surface area contributed by atoms with Gasteiger partial charge in [-0.3, -0.25) is 0 Å². The number of hydrogen-bond donors (Lipinski definition) is 0. The van der Waals surface area contributed by atoms with Crippen LogP contribution in [-0.2, 0) is 4.74 Å². The lowest BCUT2D eigenvalue weighted by molar-refractivity contribution is 0.0960. The van der Waals surface area contributed by atoms with Crippen molar-refractivity contribution in [3.8, 4) is 0 Å². The van der Waals surface area contributed by atoms with Crippen LogP contribution in [0.25, 0.3) is 10.9 Å². The van der Waals surface area contributed by atoms with E-state index in [-0.39, 0.29) is 6.09 Å². The number of hydrogen-bond acceptors (Lipinski definition) is 5. The van der Waals surface area contributed by atoms with Gasteiger partial charge in [0, 0.05) is 23.7 Å². The first-order valence-electron chi connectivity index (χ1n) is 8.06. The van der Waals surface area contributed by atoms with E-state index in [0.717, 1.165) is 48.3 Å². The van der Waals surface area contributed by atoms with Crippen LogP contribution in [0.3, 0.4) is 0 Å². The Balaban J connectivity index is 1.59. The third kappa shape index (κ3) is 3.93. The molecule has 3 rings (SSSR count). The molecule has 5 nitrogen and oxygen atoms in total. The first-order chi connectivity index (χ1) is 11.3. The highest BCUT2D eigenvalue weighted by Crippen LogP contribution is 2.32. The zero-order valence-corrected chi connectivity index (χ0v) is 14.1. The van der Waals surface area contributed by atoms with Crippen LogP contribution in [0.4, 0.5) is 4.79 Å². The molecule has 0 N–H and O–H groups in total. The monoisotopic (exact) mass is 331 g/mol. The molecule has 0 bridgehead atoms. The number of benzene rings is 1. The predicted molar refractivity (Wildman–Crippen MR) is 91.6 cm³/mol. The van der Waals surface area contributed by atoms with Gasteiger partial charge in [0.05, 0.1) is 12.1 Å². The van der Waals surface area contributed by atoms with E-state index in [1.165, 1.54) is 0 Å². The minimum Gasteiger partial charge on any atom is -0.449 e. The third-order valence-electron chi connectivity index (χ3n) is 3.91. The van der Waals surface area contributed by atoms with Crippen LogP contribution in [0.1, 0.15) is 26.2 Å². The average Bonchev–Trinajstić information content (AvgIpc) is 2.60. The van der Waals surface area contributed by atoms with Gasteiger partial charge < -0.3 is 9.64 Å². The molecular weight excluding hydrogens is 310 g/mol. The van der Waals surface area contributed by atoms with Crippen molar-refractivity contribution >= 4 is 28.8 Å². The molecule has 2 aromatic rings. The minimum absolute atomic E-state index is 0.178. The fourth-order valence-corrected chi connectivity index (χ4v) is 3.84. The molecule has 0 radical (unpaired) electrons. The molecule has 1 saturated heterocycles. The number of thioether (sulfide) groups is 1. The number of carbonyl (C=O) groups is 1. The van der Waals surface area contributed by atoms with E-state index in [4.69, 9.17) is 4.74 Å². The predicted octanol–water partition coefficient (Wildman–Crippen LogP) is 3.73. The maximum atomic E-state index is 11.9. The molecule has 1 amide bonds. The van der Waals surface area contributed by atoms with Crippen molar-refractivity contribution < 1.29 is 9.53 Å². The van der Waals surface area contributed by atoms with Crippen molar-refractivity contribution in [3.05, 3.63) is 30.6 Å². The summed E-state index contributed by atoms with van der Waals surface area (Å²) in [5.41, 5.74) is 0.977. The number of ether oxygens (including phenoxy) is 1. The Morgan fingerprint density at radius 3 is 2.87 bits per heavy atom. The molecule has 0 saturated carbocycles. The highest BCUT2D eigenvalue weighted by molar-refractivity contribution is 8.00. The lowest BCUT2D eigenvalue weighted by Crippen LogP contribution is -2.39. The van der Waals surface area contributed by atoms with Crippen LogP contribution in [0.15, 0.2) is 35.6 Å². The summed E-state index contributed by atoms with van der Waals surface area (Å²) in [6.07, 6.45) is 4.23. The van der Waals surface area contributed by atoms with E-state index in [2.05, 4.69) is 16.0 Å². The van der Waals surface area contributed by atoms with Crippen LogP contribution in [0.5, 0.6) is 0 Å². The normalized spacial score (nSPS) is 15.8. The molecule has 2 heterocycles. The molecule has 0 unspecified atom stereocenters. The molecule has 1 aliphatic rings. The fraction of sp³-hybridized carbons (Fsp3) is 0.471. The van der Waals surface area contributed by atoms with Crippen molar-refractivity contribution in [2.75, 3.05) is 19.7 Å². The van der Waals surface area contributed by atoms with E-state index in [0.29, 0.717) is 11.9 Å². The summed E-state index contributed by atoms with van der Waals surface area (Å²) >= 11 is 1.80. The lowest BCUT2D eigenvalue weighted by Gasteiger charge is -2.30. The SMILES string of the molecule is CCCOC(=O)N1CCC(Sc2ncnc3ccccc23)CC1. The number of likely N-dealkylation sites (tertiary alicyclic amines) is 1. The van der Waals surface area contributed by atoms with Gasteiger partial charge in [0.25, 0.3) is 0 Å². The Morgan fingerprint density at radius 2 is 2.09 bits per heavy atom. The summed E-state index contributed by atoms with van der Waals surface area (Å²) in [7, 11) is 0. The van der Waals surface area contributed by atoms with Gasteiger partial charge in [-0.1, -0.05) is 25.1 Å². The quantitative estimate of drug-likeness (QED) is 0.799. The number of fused-ring (bicyclic) bond motifs is 1. The molecule has 122 valence electrons. The fourth-order valence-electron chi connectivity index (χ4n) is 2.67. The average molecular weight is 331 g/mol. The molecule has 23 heavy (non-hydrogen) atoms. The number of amides is 1. The summed E-state index contributed by atoms with van der Waals surface area (Å²) in [6, 6.07) is 8.08. The summed E-state index contributed by atoms with van der Waals surface area (Å²) in [6.45, 7) is 4.01. The second-order valence-corrected chi connectivity index (χ2v) is 6.90. The molecule has 1 aromatic carbocycles.